The third-order valence-electron chi connectivity index (χ3n) is 4.31. The number of hydrazone groups is 1. The number of hydrogen-bond acceptors (Lipinski definition) is 4. The number of aromatic nitrogens is 2. The molecule has 3 aromatic rings. The Morgan fingerprint density at radius 3 is 2.53 bits per heavy atom. The standard InChI is InChI=1S/C21H21N5O3S/c1-12-7-13(2)9-17(8-12)26-19(27)18(14(3)25-26)11-22-24-21(30)23-16-6-4-5-15(10-16)20(28)29/h4-11,25H,1-3H3,(H,28,29)(H2,23,24,30). The van der Waals surface area contributed by atoms with Gasteiger partial charge in [-0.2, -0.15) is 5.10 Å². The molecule has 2 aromatic carbocycles. The van der Waals surface area contributed by atoms with E-state index in [4.69, 9.17) is 17.3 Å². The van der Waals surface area contributed by atoms with Gasteiger partial charge in [0.25, 0.3) is 5.56 Å². The van der Waals surface area contributed by atoms with Gasteiger partial charge in [-0.05, 0) is 74.4 Å². The van der Waals surface area contributed by atoms with Gasteiger partial charge in [0.15, 0.2) is 5.11 Å². The van der Waals surface area contributed by atoms with E-state index >= 15 is 0 Å². The van der Waals surface area contributed by atoms with E-state index in [2.05, 4.69) is 20.9 Å². The van der Waals surface area contributed by atoms with Gasteiger partial charge in [0.2, 0.25) is 0 Å². The van der Waals surface area contributed by atoms with Crippen LogP contribution in [0.4, 0.5) is 5.69 Å². The molecule has 0 amide bonds. The first-order valence-electron chi connectivity index (χ1n) is 9.08. The Hall–Kier alpha value is -3.72. The van der Waals surface area contributed by atoms with Gasteiger partial charge < -0.3 is 10.4 Å². The van der Waals surface area contributed by atoms with Crippen LogP contribution in [0.2, 0.25) is 0 Å². The van der Waals surface area contributed by atoms with Gasteiger partial charge in [0.1, 0.15) is 0 Å². The number of H-pyrrole nitrogens is 1. The van der Waals surface area contributed by atoms with Crippen LogP contribution in [0.1, 0.15) is 32.7 Å². The summed E-state index contributed by atoms with van der Waals surface area (Å²) in [6.45, 7) is 5.74. The molecule has 0 aliphatic heterocycles. The summed E-state index contributed by atoms with van der Waals surface area (Å²) in [6.07, 6.45) is 1.40. The maximum Gasteiger partial charge on any atom is 0.335 e. The van der Waals surface area contributed by atoms with Gasteiger partial charge in [-0.25, -0.2) is 9.48 Å². The van der Waals surface area contributed by atoms with Gasteiger partial charge >= 0.3 is 5.97 Å². The van der Waals surface area contributed by atoms with Gasteiger partial charge in [0, 0.05) is 11.4 Å². The SMILES string of the molecule is Cc1cc(C)cc(-n2[nH]c(C)c(C=NNC(=S)Nc3cccc(C(=O)O)c3)c2=O)c1. The van der Waals surface area contributed by atoms with E-state index in [1.54, 1.807) is 19.1 Å². The number of rotatable bonds is 5. The van der Waals surface area contributed by atoms with Crippen molar-refractivity contribution in [1.82, 2.24) is 15.2 Å². The summed E-state index contributed by atoms with van der Waals surface area (Å²) in [5.41, 5.74) is 6.99. The number of aromatic amines is 1. The molecule has 0 unspecified atom stereocenters. The lowest BCUT2D eigenvalue weighted by Crippen LogP contribution is -2.24. The highest BCUT2D eigenvalue weighted by Gasteiger charge is 2.11. The summed E-state index contributed by atoms with van der Waals surface area (Å²) in [5.74, 6) is -1.03. The molecule has 3 rings (SSSR count). The Labute approximate surface area is 178 Å². The predicted molar refractivity (Wildman–Crippen MR) is 121 cm³/mol. The minimum Gasteiger partial charge on any atom is -0.478 e. The number of aromatic carboxylic acids is 1. The summed E-state index contributed by atoms with van der Waals surface area (Å²) >= 11 is 5.16. The summed E-state index contributed by atoms with van der Waals surface area (Å²) in [7, 11) is 0. The fourth-order valence-electron chi connectivity index (χ4n) is 3.02. The average molecular weight is 423 g/mol. The number of thiocarbonyl (C=S) groups is 1. The molecule has 9 heteroatoms. The van der Waals surface area contributed by atoms with Crippen LogP contribution >= 0.6 is 12.2 Å². The third-order valence-corrected chi connectivity index (χ3v) is 4.50. The molecule has 8 nitrogen and oxygen atoms in total. The number of nitrogens with zero attached hydrogens (tertiary/aromatic N) is 2. The molecule has 0 saturated carbocycles. The molecule has 1 aromatic heterocycles. The van der Waals surface area contributed by atoms with Crippen LogP contribution < -0.4 is 16.3 Å². The molecular formula is C21H21N5O3S. The van der Waals surface area contributed by atoms with E-state index in [-0.39, 0.29) is 16.2 Å². The van der Waals surface area contributed by atoms with Crippen molar-refractivity contribution >= 4 is 35.2 Å². The molecule has 0 saturated heterocycles. The molecule has 30 heavy (non-hydrogen) atoms. The zero-order valence-corrected chi connectivity index (χ0v) is 17.5. The Bertz CT molecular complexity index is 1190. The highest BCUT2D eigenvalue weighted by Crippen LogP contribution is 2.13. The van der Waals surface area contributed by atoms with Crippen molar-refractivity contribution in [2.45, 2.75) is 20.8 Å². The van der Waals surface area contributed by atoms with E-state index in [1.807, 2.05) is 32.0 Å². The maximum absolute atomic E-state index is 12.8. The van der Waals surface area contributed by atoms with Crippen molar-refractivity contribution in [3.05, 3.63) is 80.8 Å². The molecule has 0 spiro atoms. The maximum atomic E-state index is 12.8. The fraction of sp³-hybridized carbons (Fsp3) is 0.143. The summed E-state index contributed by atoms with van der Waals surface area (Å²) in [4.78, 5) is 23.8. The number of carbonyl (C=O) groups is 1. The lowest BCUT2D eigenvalue weighted by atomic mass is 10.1. The summed E-state index contributed by atoms with van der Waals surface area (Å²) in [6, 6.07) is 12.1. The number of aryl methyl sites for hydroxylation is 3. The van der Waals surface area contributed by atoms with Crippen molar-refractivity contribution in [2.75, 3.05) is 5.32 Å². The molecule has 0 fully saturated rings. The number of carboxylic acid groups (broad SMARTS) is 1. The Balaban J connectivity index is 1.73. The summed E-state index contributed by atoms with van der Waals surface area (Å²) in [5, 5.41) is 19.1. The van der Waals surface area contributed by atoms with Gasteiger partial charge in [-0.1, -0.05) is 12.1 Å². The zero-order chi connectivity index (χ0) is 21.8. The van der Waals surface area contributed by atoms with Crippen LogP contribution in [0.25, 0.3) is 5.69 Å². The third kappa shape index (κ3) is 4.81. The Morgan fingerprint density at radius 2 is 1.87 bits per heavy atom. The first-order chi connectivity index (χ1) is 14.2. The smallest absolute Gasteiger partial charge is 0.335 e. The number of carboxylic acids is 1. The monoisotopic (exact) mass is 423 g/mol. The number of nitrogens with one attached hydrogen (secondary N) is 3. The average Bonchev–Trinajstić information content (AvgIpc) is 2.95. The molecule has 154 valence electrons. The van der Waals surface area contributed by atoms with E-state index < -0.39 is 5.97 Å². The largest absolute Gasteiger partial charge is 0.478 e. The zero-order valence-electron chi connectivity index (χ0n) is 16.7. The van der Waals surface area contributed by atoms with E-state index in [0.717, 1.165) is 16.8 Å². The number of anilines is 1. The minimum absolute atomic E-state index is 0.140. The van der Waals surface area contributed by atoms with Crippen LogP contribution in [0.5, 0.6) is 0 Å². The number of hydrogen-bond donors (Lipinski definition) is 4. The predicted octanol–water partition coefficient (Wildman–Crippen LogP) is 3.11. The minimum atomic E-state index is -1.03. The lowest BCUT2D eigenvalue weighted by molar-refractivity contribution is 0.0697. The van der Waals surface area contributed by atoms with Gasteiger partial charge in [-0.3, -0.25) is 15.3 Å². The number of benzene rings is 2. The Kier molecular flexibility index (Phi) is 6.12. The van der Waals surface area contributed by atoms with Crippen molar-refractivity contribution < 1.29 is 9.90 Å². The first kappa shape index (κ1) is 21.0. The molecule has 0 atom stereocenters. The molecule has 0 radical (unpaired) electrons. The molecular weight excluding hydrogens is 402 g/mol. The highest BCUT2D eigenvalue weighted by molar-refractivity contribution is 7.80. The van der Waals surface area contributed by atoms with E-state index in [9.17, 15) is 9.59 Å². The molecule has 1 heterocycles. The second-order valence-corrected chi connectivity index (χ2v) is 7.26. The second-order valence-electron chi connectivity index (χ2n) is 6.85. The lowest BCUT2D eigenvalue weighted by Gasteiger charge is -2.07. The molecule has 4 N–H and O–H groups in total. The second kappa shape index (κ2) is 8.75. The fourth-order valence-corrected chi connectivity index (χ4v) is 3.19. The van der Waals surface area contributed by atoms with Crippen LogP contribution in [-0.2, 0) is 0 Å². The highest BCUT2D eigenvalue weighted by atomic mass is 32.1. The first-order valence-corrected chi connectivity index (χ1v) is 9.49. The van der Waals surface area contributed by atoms with Gasteiger partial charge in [0.05, 0.1) is 23.0 Å². The van der Waals surface area contributed by atoms with Crippen molar-refractivity contribution in [3.63, 3.8) is 0 Å². The van der Waals surface area contributed by atoms with Crippen molar-refractivity contribution in [3.8, 4) is 5.69 Å². The van der Waals surface area contributed by atoms with Crippen LogP contribution in [0.15, 0.2) is 52.4 Å². The molecule has 0 bridgehead atoms. The topological polar surface area (TPSA) is 112 Å². The quantitative estimate of drug-likeness (QED) is 0.285. The van der Waals surface area contributed by atoms with E-state index in [0.29, 0.717) is 16.9 Å². The molecule has 0 aliphatic carbocycles. The van der Waals surface area contributed by atoms with Crippen molar-refractivity contribution in [1.29, 1.82) is 0 Å². The van der Waals surface area contributed by atoms with E-state index in [1.165, 1.54) is 23.0 Å². The van der Waals surface area contributed by atoms with Crippen LogP contribution in [0, 0.1) is 20.8 Å². The Morgan fingerprint density at radius 1 is 1.17 bits per heavy atom. The van der Waals surface area contributed by atoms with Crippen LogP contribution in [-0.4, -0.2) is 32.2 Å². The van der Waals surface area contributed by atoms with Gasteiger partial charge in [-0.15, -0.1) is 0 Å². The summed E-state index contributed by atoms with van der Waals surface area (Å²) < 4.78 is 1.48. The van der Waals surface area contributed by atoms with Crippen molar-refractivity contribution in [2.24, 2.45) is 5.10 Å². The van der Waals surface area contributed by atoms with Crippen LogP contribution in [0.3, 0.4) is 0 Å². The normalized spacial score (nSPS) is 10.9. The molecule has 0 aliphatic rings.